The average molecular weight is 1560 g/mol. The number of esters is 2. The number of rotatable bonds is 24. The quantitative estimate of drug-likeness (QED) is 0.0155. The lowest BCUT2D eigenvalue weighted by Crippen LogP contribution is -2.37. The standard InChI is InChI=1S/C30H31N5O11.C26H23NO7.C16H17NO4.C9H6O3.CH4/c1-15-11-18(24(39)28(43)34(15)13-20-23(38)17-5-3-4-6-21(17)46-30(20)45)26(41)32-9-7-31-8-10-33-27(42)19-12-16(2)35(14-22(36)37)29(44)25(19)40;1-3-32-25(30)19-13-16(2)27(24(29)23(19)33-15-17-9-5-4-6-10-17)14-20-22(28)18-11-7-8-12-21(18)34-26(20)31;1-3-20-16(19)13-9-11(2)17-15(18)14(13)21-10-12-7-5-4-6-8-12;10-7-5-9(11)12-8-4-2-1-3-6(7)8;/h3-6,11-12,31,38-40H,7-10,13-14H2,1-2H3,(H,32,41)(H,33,42)(H,36,37);4-13,28H,3,14-15H2,1-2H3;4-9H,3,10H2,1-2H3,(H,17,18);1-5,10H;1H4. The van der Waals surface area contributed by atoms with Crippen LogP contribution in [-0.4, -0.2) is 118 Å². The number of aliphatic carboxylic acids is 1. The van der Waals surface area contributed by atoms with E-state index in [9.17, 15) is 83.1 Å². The molecular formula is C82H81N7O25. The maximum atomic E-state index is 13.4. The van der Waals surface area contributed by atoms with Crippen molar-refractivity contribution in [1.29, 1.82) is 0 Å². The van der Waals surface area contributed by atoms with Gasteiger partial charge in [0.2, 0.25) is 0 Å². The van der Waals surface area contributed by atoms with Gasteiger partial charge in [0.1, 0.15) is 64.9 Å². The van der Waals surface area contributed by atoms with Gasteiger partial charge in [-0.25, -0.2) is 24.0 Å². The number of aryl methyl sites for hydroxylation is 4. The molecule has 114 heavy (non-hydrogen) atoms. The first-order chi connectivity index (χ1) is 54.1. The molecule has 594 valence electrons. The van der Waals surface area contributed by atoms with Crippen LogP contribution in [0, 0.1) is 27.7 Å². The van der Waals surface area contributed by atoms with Gasteiger partial charge < -0.3 is 92.9 Å². The second kappa shape index (κ2) is 39.2. The van der Waals surface area contributed by atoms with Crippen molar-refractivity contribution in [3.8, 4) is 40.2 Å². The Morgan fingerprint density at radius 1 is 0.447 bits per heavy atom. The Labute approximate surface area is 646 Å². The number of hydrogen-bond acceptors (Lipinski definition) is 25. The van der Waals surface area contributed by atoms with Gasteiger partial charge in [0, 0.05) is 49.0 Å². The molecule has 32 heteroatoms. The van der Waals surface area contributed by atoms with Crippen molar-refractivity contribution in [3.05, 3.63) is 304 Å². The highest BCUT2D eigenvalue weighted by Gasteiger charge is 2.27. The van der Waals surface area contributed by atoms with Gasteiger partial charge in [0.25, 0.3) is 34.1 Å². The molecule has 0 atom stereocenters. The number of para-hydroxylation sites is 3. The van der Waals surface area contributed by atoms with E-state index < -0.39 is 93.4 Å². The zero-order chi connectivity index (χ0) is 81.7. The summed E-state index contributed by atoms with van der Waals surface area (Å²) in [4.78, 5) is 150. The van der Waals surface area contributed by atoms with Gasteiger partial charge in [0.15, 0.2) is 23.0 Å². The number of aromatic nitrogens is 4. The SMILES string of the molecule is C.CCOC(=O)c1cc(C)[nH]c(=O)c1OCc1ccccc1.CCOC(=O)c1cc(C)n(Cc2c(O)c3ccccc3oc2=O)c(=O)c1OCc1ccccc1.Cc1cc(C(=O)NCCNCCNC(=O)c2cc(C)n(Cc3c(O)c4ccccc4oc3=O)c(=O)c2O)c(O)c(=O)n1CC(=O)O.O=c1cc(O)c2ccccc2o1. The molecule has 7 heterocycles. The second-order valence-corrected chi connectivity index (χ2v) is 24.8. The third kappa shape index (κ3) is 20.9. The monoisotopic (exact) mass is 1560 g/mol. The predicted molar refractivity (Wildman–Crippen MR) is 417 cm³/mol. The molecule has 5 aromatic carbocycles. The summed E-state index contributed by atoms with van der Waals surface area (Å²) in [5.74, 6) is -6.61. The number of amides is 2. The van der Waals surface area contributed by atoms with Crippen LogP contribution in [0.3, 0.4) is 0 Å². The molecule has 0 bridgehead atoms. The molecule has 0 saturated carbocycles. The number of carbonyl (C=O) groups is 5. The normalized spacial score (nSPS) is 10.6. The van der Waals surface area contributed by atoms with Gasteiger partial charge in [-0.2, -0.15) is 0 Å². The minimum absolute atomic E-state index is 0. The van der Waals surface area contributed by atoms with Crippen LogP contribution < -0.4 is 64.5 Å². The summed E-state index contributed by atoms with van der Waals surface area (Å²) in [5.41, 5.74) is -2.01. The Balaban J connectivity index is 0.000000208. The number of nitrogens with one attached hydrogen (secondary N) is 4. The molecule has 2 amide bonds. The molecule has 0 aliphatic rings. The van der Waals surface area contributed by atoms with Gasteiger partial charge in [0.05, 0.1) is 70.8 Å². The minimum atomic E-state index is -1.28. The highest BCUT2D eigenvalue weighted by atomic mass is 16.5. The zero-order valence-electron chi connectivity index (χ0n) is 61.6. The largest absolute Gasteiger partial charge is 0.507 e. The molecule has 0 fully saturated rings. The van der Waals surface area contributed by atoms with E-state index in [2.05, 4.69) is 20.9 Å². The lowest BCUT2D eigenvalue weighted by atomic mass is 10.1. The van der Waals surface area contributed by atoms with E-state index in [1.165, 1.54) is 42.7 Å². The second-order valence-electron chi connectivity index (χ2n) is 24.8. The summed E-state index contributed by atoms with van der Waals surface area (Å²) in [5, 5.41) is 69.4. The molecule has 32 nitrogen and oxygen atoms in total. The number of fused-ring (bicyclic) bond motifs is 3. The molecule has 0 aliphatic heterocycles. The van der Waals surface area contributed by atoms with Crippen molar-refractivity contribution in [2.24, 2.45) is 0 Å². The van der Waals surface area contributed by atoms with Crippen molar-refractivity contribution in [1.82, 2.24) is 34.6 Å². The number of nitrogens with zero attached hydrogens (tertiary/aromatic N) is 3. The number of H-pyrrole nitrogens is 1. The maximum absolute atomic E-state index is 13.4. The summed E-state index contributed by atoms with van der Waals surface area (Å²) in [6, 6.07) is 44.9. The number of aromatic amines is 1. The van der Waals surface area contributed by atoms with Crippen LogP contribution in [0.25, 0.3) is 32.9 Å². The number of benzene rings is 5. The minimum Gasteiger partial charge on any atom is -0.507 e. The van der Waals surface area contributed by atoms with E-state index in [0.717, 1.165) is 26.3 Å². The summed E-state index contributed by atoms with van der Waals surface area (Å²) in [6.07, 6.45) is 0. The summed E-state index contributed by atoms with van der Waals surface area (Å²) >= 11 is 0. The Morgan fingerprint density at radius 3 is 1.31 bits per heavy atom. The Kier molecular flexibility index (Phi) is 29.2. The van der Waals surface area contributed by atoms with Gasteiger partial charge in [-0.05, 0) is 113 Å². The number of ether oxygens (including phenoxy) is 4. The van der Waals surface area contributed by atoms with Crippen LogP contribution >= 0.6 is 0 Å². The van der Waals surface area contributed by atoms with Crippen LogP contribution in [-0.2, 0) is 47.1 Å². The fourth-order valence-corrected chi connectivity index (χ4v) is 11.4. The van der Waals surface area contributed by atoms with E-state index in [1.54, 1.807) is 100 Å². The van der Waals surface area contributed by atoms with E-state index in [-0.39, 0.29) is 157 Å². The predicted octanol–water partition coefficient (Wildman–Crippen LogP) is 8.08. The number of pyridine rings is 4. The van der Waals surface area contributed by atoms with Gasteiger partial charge >= 0.3 is 34.8 Å². The molecule has 0 aliphatic carbocycles. The Morgan fingerprint density at radius 2 is 0.842 bits per heavy atom. The third-order valence-electron chi connectivity index (χ3n) is 17.0. The van der Waals surface area contributed by atoms with E-state index in [4.69, 9.17) is 37.3 Å². The van der Waals surface area contributed by atoms with Crippen LogP contribution in [0.1, 0.15) is 108 Å². The zero-order valence-corrected chi connectivity index (χ0v) is 61.6. The fourth-order valence-electron chi connectivity index (χ4n) is 11.4. The molecular weight excluding hydrogens is 1480 g/mol. The van der Waals surface area contributed by atoms with E-state index >= 15 is 0 Å². The van der Waals surface area contributed by atoms with Crippen LogP contribution in [0.2, 0.25) is 0 Å². The van der Waals surface area contributed by atoms with Crippen molar-refractivity contribution < 1.29 is 86.8 Å². The Hall–Kier alpha value is -14.6. The lowest BCUT2D eigenvalue weighted by molar-refractivity contribution is -0.137. The topological polar surface area (TPSA) is 469 Å². The van der Waals surface area contributed by atoms with Gasteiger partial charge in [-0.3, -0.25) is 38.1 Å². The van der Waals surface area contributed by atoms with Crippen LogP contribution in [0.5, 0.6) is 40.2 Å². The number of carbonyl (C=O) groups excluding carboxylic acids is 4. The molecule has 0 spiro atoms. The molecule has 0 radical (unpaired) electrons. The molecule has 12 rings (SSSR count). The summed E-state index contributed by atoms with van der Waals surface area (Å²) in [7, 11) is 0. The number of carboxylic acids is 1. The maximum Gasteiger partial charge on any atom is 0.345 e. The molecule has 0 saturated heterocycles. The number of aromatic hydroxyl groups is 5. The number of hydrogen-bond donors (Lipinski definition) is 10. The van der Waals surface area contributed by atoms with Gasteiger partial charge in [-0.15, -0.1) is 0 Å². The Bertz CT molecular complexity index is 6000. The smallest absolute Gasteiger partial charge is 0.345 e. The third-order valence-corrected chi connectivity index (χ3v) is 17.0. The van der Waals surface area contributed by atoms with E-state index in [1.807, 2.05) is 60.7 Å². The lowest BCUT2D eigenvalue weighted by Gasteiger charge is -2.16. The van der Waals surface area contributed by atoms with Crippen molar-refractivity contribution in [3.63, 3.8) is 0 Å². The first-order valence-electron chi connectivity index (χ1n) is 34.8. The van der Waals surface area contributed by atoms with Crippen LogP contribution in [0.15, 0.2) is 211 Å². The summed E-state index contributed by atoms with van der Waals surface area (Å²) < 4.78 is 39.9. The fraction of sp³-hybridized carbons (Fsp3) is 0.220. The first kappa shape index (κ1) is 85.1. The summed E-state index contributed by atoms with van der Waals surface area (Å²) in [6.45, 7) is 9.50. The molecule has 7 aromatic heterocycles. The molecule has 10 N–H and O–H groups in total. The average Bonchev–Trinajstić information content (AvgIpc) is 0.781. The molecule has 12 aromatic rings. The highest BCUT2D eigenvalue weighted by molar-refractivity contribution is 5.98. The van der Waals surface area contributed by atoms with E-state index in [0.29, 0.717) is 27.7 Å². The van der Waals surface area contributed by atoms with Crippen LogP contribution in [0.4, 0.5) is 0 Å². The van der Waals surface area contributed by atoms with Crippen molar-refractivity contribution in [2.75, 3.05) is 39.4 Å². The van der Waals surface area contributed by atoms with Crippen molar-refractivity contribution in [2.45, 2.75) is 81.8 Å². The van der Waals surface area contributed by atoms with Crippen molar-refractivity contribution >= 4 is 62.6 Å². The molecule has 0 unspecified atom stereocenters. The van der Waals surface area contributed by atoms with Gasteiger partial charge in [-0.1, -0.05) is 104 Å². The first-order valence-corrected chi connectivity index (χ1v) is 34.8. The number of carboxylic acid groups (broad SMARTS) is 1. The highest BCUT2D eigenvalue weighted by Crippen LogP contribution is 2.30.